The summed E-state index contributed by atoms with van der Waals surface area (Å²) in [6.07, 6.45) is 5.24. The Balaban J connectivity index is 3.20. The Bertz CT molecular complexity index is 156. The molecule has 0 aromatic rings. The standard InChI is InChI=1S/C8H16O3S/c1-2-3-4-5-6-7-8(9)12(10)11/h2-7H2,1H3,(H,10,11)/p-1. The minimum Gasteiger partial charge on any atom is -0.766 e. The Kier molecular flexibility index (Phi) is 7.29. The van der Waals surface area contributed by atoms with Crippen LogP contribution in [0.3, 0.4) is 0 Å². The van der Waals surface area contributed by atoms with E-state index in [1.807, 2.05) is 0 Å². The Morgan fingerprint density at radius 3 is 2.33 bits per heavy atom. The van der Waals surface area contributed by atoms with Gasteiger partial charge in [0.15, 0.2) is 0 Å². The van der Waals surface area contributed by atoms with E-state index in [0.717, 1.165) is 25.7 Å². The lowest BCUT2D eigenvalue weighted by Crippen LogP contribution is -2.05. The molecule has 0 amide bonds. The van der Waals surface area contributed by atoms with Gasteiger partial charge in [-0.15, -0.1) is 0 Å². The van der Waals surface area contributed by atoms with E-state index in [1.54, 1.807) is 0 Å². The highest BCUT2D eigenvalue weighted by Gasteiger charge is 2.00. The smallest absolute Gasteiger partial charge is 0.205 e. The fourth-order valence-electron chi connectivity index (χ4n) is 0.956. The zero-order chi connectivity index (χ0) is 9.40. The van der Waals surface area contributed by atoms with Crippen LogP contribution in [0.1, 0.15) is 45.4 Å². The number of hydrogen-bond donors (Lipinski definition) is 0. The highest BCUT2D eigenvalue weighted by molar-refractivity contribution is 7.95. The molecule has 0 aliphatic carbocycles. The fourth-order valence-corrected chi connectivity index (χ4v) is 1.27. The molecule has 0 spiro atoms. The van der Waals surface area contributed by atoms with Crippen molar-refractivity contribution >= 4 is 16.2 Å². The Morgan fingerprint density at radius 1 is 1.25 bits per heavy atom. The molecule has 12 heavy (non-hydrogen) atoms. The largest absolute Gasteiger partial charge is 0.766 e. The number of hydrogen-bond acceptors (Lipinski definition) is 3. The molecular weight excluding hydrogens is 176 g/mol. The molecule has 0 bridgehead atoms. The van der Waals surface area contributed by atoms with Crippen LogP contribution >= 0.6 is 0 Å². The zero-order valence-corrected chi connectivity index (χ0v) is 8.19. The second kappa shape index (κ2) is 7.43. The van der Waals surface area contributed by atoms with E-state index in [1.165, 1.54) is 0 Å². The molecule has 1 atom stereocenters. The fraction of sp³-hybridized carbons (Fsp3) is 0.875. The van der Waals surface area contributed by atoms with Gasteiger partial charge in [-0.05, 0) is 6.42 Å². The first-order chi connectivity index (χ1) is 5.68. The van der Waals surface area contributed by atoms with Crippen molar-refractivity contribution in [1.82, 2.24) is 0 Å². The summed E-state index contributed by atoms with van der Waals surface area (Å²) in [5.74, 6) is 0. The van der Waals surface area contributed by atoms with Crippen LogP contribution in [-0.4, -0.2) is 13.9 Å². The summed E-state index contributed by atoms with van der Waals surface area (Å²) in [4.78, 5) is 10.6. The van der Waals surface area contributed by atoms with Crippen LogP contribution in [0.4, 0.5) is 0 Å². The normalized spacial score (nSPS) is 12.8. The summed E-state index contributed by atoms with van der Waals surface area (Å²) in [6.45, 7) is 2.11. The number of rotatable bonds is 6. The minimum absolute atomic E-state index is 0.180. The first kappa shape index (κ1) is 11.8. The lowest BCUT2D eigenvalue weighted by molar-refractivity contribution is -0.112. The molecular formula is C8H15O3S-. The molecule has 4 heteroatoms. The van der Waals surface area contributed by atoms with E-state index in [4.69, 9.17) is 0 Å². The highest BCUT2D eigenvalue weighted by atomic mass is 32.2. The predicted octanol–water partition coefficient (Wildman–Crippen LogP) is 1.75. The summed E-state index contributed by atoms with van der Waals surface area (Å²) < 4.78 is 20.1. The molecule has 0 saturated carbocycles. The van der Waals surface area contributed by atoms with Crippen molar-refractivity contribution in [2.24, 2.45) is 0 Å². The molecule has 0 aromatic carbocycles. The molecule has 0 aliphatic heterocycles. The molecule has 0 rings (SSSR count). The Morgan fingerprint density at radius 2 is 1.83 bits per heavy atom. The van der Waals surface area contributed by atoms with Crippen LogP contribution in [0.25, 0.3) is 0 Å². The van der Waals surface area contributed by atoms with Crippen LogP contribution in [-0.2, 0) is 15.9 Å². The van der Waals surface area contributed by atoms with Gasteiger partial charge in [-0.3, -0.25) is 9.00 Å². The number of unbranched alkanes of at least 4 members (excludes halogenated alkanes) is 4. The van der Waals surface area contributed by atoms with Gasteiger partial charge in [0, 0.05) is 17.5 Å². The van der Waals surface area contributed by atoms with Crippen molar-refractivity contribution in [3.8, 4) is 0 Å². The van der Waals surface area contributed by atoms with Gasteiger partial charge in [-0.25, -0.2) is 0 Å². The molecule has 72 valence electrons. The summed E-state index contributed by atoms with van der Waals surface area (Å²) in [5.41, 5.74) is 0. The van der Waals surface area contributed by atoms with Gasteiger partial charge >= 0.3 is 0 Å². The van der Waals surface area contributed by atoms with Crippen LogP contribution in [0, 0.1) is 0 Å². The van der Waals surface area contributed by atoms with Gasteiger partial charge in [0.1, 0.15) is 0 Å². The van der Waals surface area contributed by atoms with Gasteiger partial charge in [0.2, 0.25) is 5.12 Å². The molecule has 0 saturated heterocycles. The van der Waals surface area contributed by atoms with Gasteiger partial charge in [-0.1, -0.05) is 32.6 Å². The molecule has 0 heterocycles. The van der Waals surface area contributed by atoms with E-state index in [2.05, 4.69) is 6.92 Å². The van der Waals surface area contributed by atoms with Gasteiger partial charge in [0.25, 0.3) is 0 Å². The molecule has 0 aromatic heterocycles. The average Bonchev–Trinajstić information content (AvgIpc) is 2.03. The lowest BCUT2D eigenvalue weighted by atomic mass is 10.1. The van der Waals surface area contributed by atoms with Crippen molar-refractivity contribution in [3.63, 3.8) is 0 Å². The number of carbonyl (C=O) groups is 1. The monoisotopic (exact) mass is 191 g/mol. The van der Waals surface area contributed by atoms with Crippen LogP contribution in [0.15, 0.2) is 0 Å². The molecule has 1 unspecified atom stereocenters. The quantitative estimate of drug-likeness (QED) is 0.474. The van der Waals surface area contributed by atoms with Crippen molar-refractivity contribution in [3.05, 3.63) is 0 Å². The van der Waals surface area contributed by atoms with Crippen LogP contribution in [0.2, 0.25) is 0 Å². The Hall–Kier alpha value is -0.220. The maximum absolute atomic E-state index is 10.6. The van der Waals surface area contributed by atoms with Crippen molar-refractivity contribution in [2.75, 3.05) is 0 Å². The molecule has 0 radical (unpaired) electrons. The zero-order valence-electron chi connectivity index (χ0n) is 7.38. The predicted molar refractivity (Wildman–Crippen MR) is 47.3 cm³/mol. The topological polar surface area (TPSA) is 57.2 Å². The lowest BCUT2D eigenvalue weighted by Gasteiger charge is -2.02. The van der Waals surface area contributed by atoms with Gasteiger partial charge < -0.3 is 4.55 Å². The molecule has 0 fully saturated rings. The molecule has 0 aliphatic rings. The van der Waals surface area contributed by atoms with Gasteiger partial charge in [0.05, 0.1) is 0 Å². The SMILES string of the molecule is CCCCCCCC(=O)S(=O)[O-]. The van der Waals surface area contributed by atoms with E-state index in [-0.39, 0.29) is 6.42 Å². The van der Waals surface area contributed by atoms with E-state index < -0.39 is 16.2 Å². The van der Waals surface area contributed by atoms with Crippen molar-refractivity contribution in [1.29, 1.82) is 0 Å². The summed E-state index contributed by atoms with van der Waals surface area (Å²) in [5, 5.41) is -0.661. The van der Waals surface area contributed by atoms with E-state index >= 15 is 0 Å². The summed E-state index contributed by atoms with van der Waals surface area (Å²) >= 11 is -2.51. The van der Waals surface area contributed by atoms with Crippen molar-refractivity contribution < 1.29 is 13.6 Å². The summed E-state index contributed by atoms with van der Waals surface area (Å²) in [6, 6.07) is 0. The first-order valence-electron chi connectivity index (χ1n) is 4.30. The van der Waals surface area contributed by atoms with Crippen molar-refractivity contribution in [2.45, 2.75) is 45.4 Å². The molecule has 3 nitrogen and oxygen atoms in total. The third kappa shape index (κ3) is 6.49. The summed E-state index contributed by atoms with van der Waals surface area (Å²) in [7, 11) is 0. The molecule has 0 N–H and O–H groups in total. The maximum Gasteiger partial charge on any atom is 0.205 e. The second-order valence-electron chi connectivity index (χ2n) is 2.77. The van der Waals surface area contributed by atoms with Gasteiger partial charge in [-0.2, -0.15) is 0 Å². The highest BCUT2D eigenvalue weighted by Crippen LogP contribution is 2.05. The number of carbonyl (C=O) groups excluding carboxylic acids is 1. The van der Waals surface area contributed by atoms with Crippen LogP contribution < -0.4 is 0 Å². The maximum atomic E-state index is 10.6. The second-order valence-corrected chi connectivity index (χ2v) is 3.70. The third-order valence-corrected chi connectivity index (χ3v) is 2.25. The first-order valence-corrected chi connectivity index (χ1v) is 5.38. The Labute approximate surface area is 75.8 Å². The van der Waals surface area contributed by atoms with E-state index in [0.29, 0.717) is 6.42 Å². The minimum atomic E-state index is -2.51. The third-order valence-electron chi connectivity index (χ3n) is 1.67. The average molecular weight is 191 g/mol. The van der Waals surface area contributed by atoms with Crippen LogP contribution in [0.5, 0.6) is 0 Å². The van der Waals surface area contributed by atoms with E-state index in [9.17, 15) is 13.6 Å².